The number of rotatable bonds is 1. The average molecular weight is 245 g/mol. The van der Waals surface area contributed by atoms with E-state index in [2.05, 4.69) is 5.32 Å². The number of benzene rings is 1. The zero-order chi connectivity index (χ0) is 12.5. The largest absolute Gasteiger partial charge is 0.399 e. The topological polar surface area (TPSA) is 58.4 Å². The van der Waals surface area contributed by atoms with Gasteiger partial charge >= 0.3 is 6.03 Å². The van der Waals surface area contributed by atoms with Gasteiger partial charge in [-0.1, -0.05) is 18.9 Å². The highest BCUT2D eigenvalue weighted by Crippen LogP contribution is 2.30. The molecule has 0 aromatic heterocycles. The smallest absolute Gasteiger partial charge is 0.322 e. The fraction of sp³-hybridized carbons (Fsp3) is 0.500. The SMILES string of the molecule is Nc1ccc2c(c1)N(C(=O)NC1CCCC1)CC2. The van der Waals surface area contributed by atoms with Crippen molar-refractivity contribution in [3.63, 3.8) is 0 Å². The van der Waals surface area contributed by atoms with Gasteiger partial charge in [-0.3, -0.25) is 4.90 Å². The number of nitrogens with one attached hydrogen (secondary N) is 1. The Bertz CT molecular complexity index is 466. The molecule has 96 valence electrons. The highest BCUT2D eigenvalue weighted by atomic mass is 16.2. The number of nitrogens with zero attached hydrogens (tertiary/aromatic N) is 1. The lowest BCUT2D eigenvalue weighted by molar-refractivity contribution is 0.243. The number of urea groups is 1. The van der Waals surface area contributed by atoms with Gasteiger partial charge in [-0.25, -0.2) is 4.79 Å². The maximum atomic E-state index is 12.2. The summed E-state index contributed by atoms with van der Waals surface area (Å²) in [5.41, 5.74) is 8.71. The molecule has 4 heteroatoms. The lowest BCUT2D eigenvalue weighted by Crippen LogP contribution is -2.43. The van der Waals surface area contributed by atoms with Crippen molar-refractivity contribution in [2.24, 2.45) is 0 Å². The van der Waals surface area contributed by atoms with Gasteiger partial charge < -0.3 is 11.1 Å². The summed E-state index contributed by atoms with van der Waals surface area (Å²) in [6, 6.07) is 6.22. The Kier molecular flexibility index (Phi) is 2.86. The maximum Gasteiger partial charge on any atom is 0.322 e. The molecule has 0 spiro atoms. The molecule has 3 N–H and O–H groups in total. The molecular formula is C14H19N3O. The predicted octanol–water partition coefficient (Wildman–Crippen LogP) is 2.28. The van der Waals surface area contributed by atoms with Gasteiger partial charge in [-0.15, -0.1) is 0 Å². The fourth-order valence-electron chi connectivity index (χ4n) is 2.93. The van der Waals surface area contributed by atoms with Crippen LogP contribution in [0.25, 0.3) is 0 Å². The Morgan fingerprint density at radius 2 is 2.11 bits per heavy atom. The molecule has 1 aliphatic carbocycles. The van der Waals surface area contributed by atoms with Gasteiger partial charge in [-0.2, -0.15) is 0 Å². The molecule has 1 aliphatic heterocycles. The van der Waals surface area contributed by atoms with Crippen molar-refractivity contribution in [2.45, 2.75) is 38.1 Å². The van der Waals surface area contributed by atoms with E-state index in [1.807, 2.05) is 23.1 Å². The Hall–Kier alpha value is -1.71. The second-order valence-electron chi connectivity index (χ2n) is 5.22. The number of anilines is 2. The minimum atomic E-state index is 0.0336. The predicted molar refractivity (Wildman–Crippen MR) is 72.7 cm³/mol. The summed E-state index contributed by atoms with van der Waals surface area (Å²) >= 11 is 0. The van der Waals surface area contributed by atoms with Gasteiger partial charge in [0, 0.05) is 18.3 Å². The third-order valence-corrected chi connectivity index (χ3v) is 3.93. The van der Waals surface area contributed by atoms with Crippen LogP contribution in [0, 0.1) is 0 Å². The monoisotopic (exact) mass is 245 g/mol. The van der Waals surface area contributed by atoms with Crippen LogP contribution in [0.1, 0.15) is 31.2 Å². The van der Waals surface area contributed by atoms with Crippen LogP contribution in [0.5, 0.6) is 0 Å². The summed E-state index contributed by atoms with van der Waals surface area (Å²) in [6.45, 7) is 0.761. The van der Waals surface area contributed by atoms with Crippen LogP contribution in [0.15, 0.2) is 18.2 Å². The molecule has 0 bridgehead atoms. The van der Waals surface area contributed by atoms with Crippen LogP contribution in [0.4, 0.5) is 16.2 Å². The Labute approximate surface area is 107 Å². The van der Waals surface area contributed by atoms with Crippen LogP contribution in [0.2, 0.25) is 0 Å². The van der Waals surface area contributed by atoms with E-state index in [9.17, 15) is 4.79 Å². The number of carbonyl (C=O) groups is 1. The molecule has 18 heavy (non-hydrogen) atoms. The average Bonchev–Trinajstić information content (AvgIpc) is 2.97. The second-order valence-corrected chi connectivity index (χ2v) is 5.22. The molecule has 0 saturated heterocycles. The number of nitrogen functional groups attached to an aromatic ring is 1. The molecule has 3 rings (SSSR count). The van der Waals surface area contributed by atoms with Crippen molar-refractivity contribution in [2.75, 3.05) is 17.2 Å². The molecule has 0 unspecified atom stereocenters. The molecule has 4 nitrogen and oxygen atoms in total. The molecule has 1 fully saturated rings. The molecule has 1 aromatic carbocycles. The van der Waals surface area contributed by atoms with Crippen LogP contribution in [0.3, 0.4) is 0 Å². The molecule has 0 radical (unpaired) electrons. The third kappa shape index (κ3) is 2.03. The van der Waals surface area contributed by atoms with E-state index < -0.39 is 0 Å². The van der Waals surface area contributed by atoms with Gasteiger partial charge in [0.05, 0.1) is 5.69 Å². The van der Waals surface area contributed by atoms with Gasteiger partial charge in [0.1, 0.15) is 0 Å². The first kappa shape index (κ1) is 11.4. The summed E-state index contributed by atoms with van der Waals surface area (Å²) in [5.74, 6) is 0. The third-order valence-electron chi connectivity index (χ3n) is 3.93. The van der Waals surface area contributed by atoms with Crippen molar-refractivity contribution in [3.05, 3.63) is 23.8 Å². The van der Waals surface area contributed by atoms with Crippen LogP contribution >= 0.6 is 0 Å². The van der Waals surface area contributed by atoms with Crippen molar-refractivity contribution >= 4 is 17.4 Å². The van der Waals surface area contributed by atoms with E-state index in [0.717, 1.165) is 31.5 Å². The lowest BCUT2D eigenvalue weighted by atomic mass is 10.1. The fourth-order valence-corrected chi connectivity index (χ4v) is 2.93. The quantitative estimate of drug-likeness (QED) is 0.746. The number of nitrogens with two attached hydrogens (primary N) is 1. The minimum absolute atomic E-state index is 0.0336. The Balaban J connectivity index is 1.74. The number of hydrogen-bond donors (Lipinski definition) is 2. The normalized spacial score (nSPS) is 19.0. The number of amides is 2. The summed E-state index contributed by atoms with van der Waals surface area (Å²) in [7, 11) is 0. The first-order valence-electron chi connectivity index (χ1n) is 6.70. The molecule has 1 saturated carbocycles. The summed E-state index contributed by atoms with van der Waals surface area (Å²) in [5, 5.41) is 3.13. The number of fused-ring (bicyclic) bond motifs is 1. The van der Waals surface area contributed by atoms with E-state index in [1.165, 1.54) is 18.4 Å². The van der Waals surface area contributed by atoms with Gasteiger partial charge in [0.25, 0.3) is 0 Å². The standard InChI is InChI=1S/C14H19N3O/c15-11-6-5-10-7-8-17(13(10)9-11)14(18)16-12-3-1-2-4-12/h5-6,9,12H,1-4,7-8,15H2,(H,16,18). The van der Waals surface area contributed by atoms with E-state index in [1.54, 1.807) is 0 Å². The zero-order valence-electron chi connectivity index (χ0n) is 10.5. The van der Waals surface area contributed by atoms with Crippen molar-refractivity contribution in [3.8, 4) is 0 Å². The van der Waals surface area contributed by atoms with E-state index in [4.69, 9.17) is 5.73 Å². The Morgan fingerprint density at radius 1 is 1.33 bits per heavy atom. The second kappa shape index (κ2) is 4.52. The first-order chi connectivity index (χ1) is 8.74. The lowest BCUT2D eigenvalue weighted by Gasteiger charge is -2.21. The van der Waals surface area contributed by atoms with Crippen molar-refractivity contribution in [1.29, 1.82) is 0 Å². The summed E-state index contributed by atoms with van der Waals surface area (Å²) in [4.78, 5) is 14.1. The highest BCUT2D eigenvalue weighted by molar-refractivity contribution is 5.95. The Morgan fingerprint density at radius 3 is 2.89 bits per heavy atom. The van der Waals surface area contributed by atoms with E-state index in [0.29, 0.717) is 11.7 Å². The van der Waals surface area contributed by atoms with E-state index >= 15 is 0 Å². The van der Waals surface area contributed by atoms with Crippen molar-refractivity contribution < 1.29 is 4.79 Å². The van der Waals surface area contributed by atoms with Gasteiger partial charge in [0.15, 0.2) is 0 Å². The molecular weight excluding hydrogens is 226 g/mol. The van der Waals surface area contributed by atoms with Crippen LogP contribution in [-0.4, -0.2) is 18.6 Å². The molecule has 2 aliphatic rings. The van der Waals surface area contributed by atoms with Crippen molar-refractivity contribution in [1.82, 2.24) is 5.32 Å². The minimum Gasteiger partial charge on any atom is -0.399 e. The molecule has 2 amide bonds. The first-order valence-corrected chi connectivity index (χ1v) is 6.70. The number of hydrogen-bond acceptors (Lipinski definition) is 2. The maximum absolute atomic E-state index is 12.2. The summed E-state index contributed by atoms with van der Waals surface area (Å²) in [6.07, 6.45) is 5.61. The molecule has 1 heterocycles. The van der Waals surface area contributed by atoms with Gasteiger partial charge in [-0.05, 0) is 37.0 Å². The summed E-state index contributed by atoms with van der Waals surface area (Å²) < 4.78 is 0. The molecule has 0 atom stereocenters. The van der Waals surface area contributed by atoms with Crippen LogP contribution < -0.4 is 16.0 Å². The molecule has 1 aromatic rings. The van der Waals surface area contributed by atoms with Crippen LogP contribution in [-0.2, 0) is 6.42 Å². The zero-order valence-corrected chi connectivity index (χ0v) is 10.5. The number of carbonyl (C=O) groups excluding carboxylic acids is 1. The highest BCUT2D eigenvalue weighted by Gasteiger charge is 2.27. The van der Waals surface area contributed by atoms with E-state index in [-0.39, 0.29) is 6.03 Å². The van der Waals surface area contributed by atoms with Gasteiger partial charge in [0.2, 0.25) is 0 Å².